The molecule has 0 fully saturated rings. The molecular formula is C46H80NO10P. The van der Waals surface area contributed by atoms with E-state index in [1.165, 1.54) is 68.1 Å². The summed E-state index contributed by atoms with van der Waals surface area (Å²) >= 11 is 0. The Hall–Kier alpha value is -2.43. The van der Waals surface area contributed by atoms with Gasteiger partial charge >= 0.3 is 19.8 Å². The zero-order valence-corrected chi connectivity index (χ0v) is 37.9. The quantitative estimate of drug-likeness (QED) is 0.0378. The van der Waals surface area contributed by atoms with E-state index in [1.54, 1.807) is 0 Å². The maximum atomic E-state index is 12.7. The minimum atomic E-state index is -4.40. The largest absolute Gasteiger partial charge is 0.472 e. The lowest BCUT2D eigenvalue weighted by Gasteiger charge is -2.19. The number of unbranched alkanes of at least 4 members (excludes halogenated alkanes) is 16. The van der Waals surface area contributed by atoms with Crippen LogP contribution in [-0.4, -0.2) is 49.3 Å². The number of furan rings is 2. The molecule has 334 valence electrons. The van der Waals surface area contributed by atoms with Gasteiger partial charge in [-0.15, -0.1) is 0 Å². The molecule has 1 unspecified atom stereocenters. The number of phosphoric acid groups is 1. The first kappa shape index (κ1) is 51.7. The molecule has 2 aromatic heterocycles. The van der Waals surface area contributed by atoms with Crippen molar-refractivity contribution in [1.29, 1.82) is 0 Å². The van der Waals surface area contributed by atoms with E-state index in [9.17, 15) is 19.0 Å². The predicted octanol–water partition coefficient (Wildman–Crippen LogP) is 11.8. The Morgan fingerprint density at radius 3 is 1.67 bits per heavy atom. The summed E-state index contributed by atoms with van der Waals surface area (Å²) in [7, 11) is -4.40. The van der Waals surface area contributed by atoms with E-state index < -0.39 is 32.5 Å². The van der Waals surface area contributed by atoms with Gasteiger partial charge in [-0.2, -0.15) is 0 Å². The minimum absolute atomic E-state index is 0.0415. The molecule has 58 heavy (non-hydrogen) atoms. The van der Waals surface area contributed by atoms with Crippen molar-refractivity contribution in [2.75, 3.05) is 26.4 Å². The second-order valence-electron chi connectivity index (χ2n) is 16.1. The number of rotatable bonds is 37. The number of carbonyl (C=O) groups excluding carboxylic acids is 2. The van der Waals surface area contributed by atoms with Gasteiger partial charge in [0.1, 0.15) is 29.6 Å². The normalized spacial score (nSPS) is 13.2. The van der Waals surface area contributed by atoms with Crippen molar-refractivity contribution < 1.29 is 46.4 Å². The molecule has 0 aromatic carbocycles. The third-order valence-electron chi connectivity index (χ3n) is 10.8. The maximum absolute atomic E-state index is 12.7. The third kappa shape index (κ3) is 23.4. The van der Waals surface area contributed by atoms with Crippen LogP contribution in [0.4, 0.5) is 0 Å². The molecule has 3 N–H and O–H groups in total. The first-order valence-electron chi connectivity index (χ1n) is 22.8. The van der Waals surface area contributed by atoms with E-state index in [0.717, 1.165) is 113 Å². The lowest BCUT2D eigenvalue weighted by Crippen LogP contribution is -2.29. The Balaban J connectivity index is 1.60. The van der Waals surface area contributed by atoms with Gasteiger partial charge in [0.15, 0.2) is 6.10 Å². The van der Waals surface area contributed by atoms with Crippen LogP contribution >= 0.6 is 7.82 Å². The van der Waals surface area contributed by atoms with Crippen LogP contribution in [0, 0.1) is 20.8 Å². The molecule has 2 rings (SSSR count). The van der Waals surface area contributed by atoms with Crippen molar-refractivity contribution in [1.82, 2.24) is 0 Å². The number of esters is 2. The van der Waals surface area contributed by atoms with Crippen LogP contribution in [0.3, 0.4) is 0 Å². The first-order chi connectivity index (χ1) is 28.0. The molecule has 0 radical (unpaired) electrons. The summed E-state index contributed by atoms with van der Waals surface area (Å²) in [6, 6.07) is 2.21. The molecular weight excluding hydrogens is 757 g/mol. The Labute approximate surface area is 350 Å². The van der Waals surface area contributed by atoms with Crippen LogP contribution in [-0.2, 0) is 58.4 Å². The van der Waals surface area contributed by atoms with Gasteiger partial charge in [-0.3, -0.25) is 18.6 Å². The molecule has 2 atom stereocenters. The van der Waals surface area contributed by atoms with Crippen LogP contribution in [0.5, 0.6) is 0 Å². The Kier molecular flexibility index (Phi) is 28.0. The van der Waals surface area contributed by atoms with Crippen LogP contribution in [0.25, 0.3) is 0 Å². The third-order valence-corrected chi connectivity index (χ3v) is 11.8. The number of phosphoric ester groups is 1. The highest BCUT2D eigenvalue weighted by molar-refractivity contribution is 7.47. The SMILES string of the molecule is CCCCCc1cc(C)c(CCCCCCCCCCC(=O)O[C@H](COC(=O)CCCCCCCCc2oc(CCCCC)c(C)c2C)COP(=O)(O)OCCN)o1. The van der Waals surface area contributed by atoms with Crippen molar-refractivity contribution >= 4 is 19.8 Å². The van der Waals surface area contributed by atoms with Crippen LogP contribution in [0.15, 0.2) is 14.9 Å². The van der Waals surface area contributed by atoms with E-state index in [1.807, 2.05) is 0 Å². The fraction of sp³-hybridized carbons (Fsp3) is 0.783. The van der Waals surface area contributed by atoms with Crippen molar-refractivity contribution in [2.45, 2.75) is 208 Å². The molecule has 0 aliphatic carbocycles. The van der Waals surface area contributed by atoms with Crippen molar-refractivity contribution in [3.8, 4) is 0 Å². The average molecular weight is 838 g/mol. The van der Waals surface area contributed by atoms with Gasteiger partial charge in [-0.25, -0.2) is 4.57 Å². The monoisotopic (exact) mass is 838 g/mol. The number of hydrogen-bond donors (Lipinski definition) is 2. The van der Waals surface area contributed by atoms with Gasteiger partial charge in [0.25, 0.3) is 0 Å². The molecule has 0 aliphatic rings. The summed E-state index contributed by atoms with van der Waals surface area (Å²) in [5.74, 6) is 3.67. The molecule has 12 heteroatoms. The molecule has 2 heterocycles. The maximum Gasteiger partial charge on any atom is 0.472 e. The molecule has 0 spiro atoms. The molecule has 11 nitrogen and oxygen atoms in total. The van der Waals surface area contributed by atoms with Crippen LogP contribution in [0.2, 0.25) is 0 Å². The zero-order chi connectivity index (χ0) is 42.4. The van der Waals surface area contributed by atoms with Crippen LogP contribution < -0.4 is 5.73 Å². The molecule has 0 saturated heterocycles. The van der Waals surface area contributed by atoms with Gasteiger partial charge < -0.3 is 28.9 Å². The van der Waals surface area contributed by atoms with Crippen molar-refractivity contribution in [2.24, 2.45) is 5.73 Å². The van der Waals surface area contributed by atoms with Gasteiger partial charge in [0, 0.05) is 45.1 Å². The van der Waals surface area contributed by atoms with Gasteiger partial charge in [0.05, 0.1) is 13.2 Å². The highest BCUT2D eigenvalue weighted by Crippen LogP contribution is 2.43. The van der Waals surface area contributed by atoms with E-state index in [2.05, 4.69) is 40.7 Å². The van der Waals surface area contributed by atoms with E-state index in [0.29, 0.717) is 12.8 Å². The minimum Gasteiger partial charge on any atom is -0.466 e. The number of carbonyl (C=O) groups is 2. The zero-order valence-electron chi connectivity index (χ0n) is 37.0. The lowest BCUT2D eigenvalue weighted by atomic mass is 10.0. The molecule has 2 aromatic rings. The highest BCUT2D eigenvalue weighted by atomic mass is 31.2. The molecule has 0 saturated carbocycles. The van der Waals surface area contributed by atoms with E-state index in [-0.39, 0.29) is 32.6 Å². The second-order valence-corrected chi connectivity index (χ2v) is 17.5. The Morgan fingerprint density at radius 2 is 1.12 bits per heavy atom. The van der Waals surface area contributed by atoms with Crippen molar-refractivity contribution in [3.63, 3.8) is 0 Å². The summed E-state index contributed by atoms with van der Waals surface area (Å²) in [4.78, 5) is 35.1. The van der Waals surface area contributed by atoms with Gasteiger partial charge in [0.2, 0.25) is 0 Å². The summed E-state index contributed by atoms with van der Waals surface area (Å²) in [5, 5.41) is 0. The van der Waals surface area contributed by atoms with Gasteiger partial charge in [-0.05, 0) is 82.1 Å². The number of nitrogens with two attached hydrogens (primary N) is 1. The van der Waals surface area contributed by atoms with Crippen molar-refractivity contribution in [3.05, 3.63) is 45.8 Å². The summed E-state index contributed by atoms with van der Waals surface area (Å²) < 4.78 is 45.2. The molecule has 0 aliphatic heterocycles. The molecule has 0 bridgehead atoms. The first-order valence-corrected chi connectivity index (χ1v) is 24.3. The van der Waals surface area contributed by atoms with Crippen LogP contribution in [0.1, 0.15) is 195 Å². The standard InChI is InChI=1S/C46H80NO10P/c1-6-8-20-26-40-34-37(3)42(55-40)27-22-16-12-10-11-13-19-25-31-46(49)56-41(36-54-58(50,51)53-33-32-47)35-52-45(48)30-24-18-15-14-17-23-29-44-39(5)38(4)43(57-44)28-21-9-7-2/h34,41H,6-33,35-36,47H2,1-5H3,(H,50,51)/t41-/m1/s1. The number of hydrogen-bond acceptors (Lipinski definition) is 10. The summed E-state index contributed by atoms with van der Waals surface area (Å²) in [6.45, 7) is 10.1. The Morgan fingerprint density at radius 1 is 0.638 bits per heavy atom. The predicted molar refractivity (Wildman–Crippen MR) is 231 cm³/mol. The second kappa shape index (κ2) is 31.4. The van der Waals surface area contributed by atoms with Gasteiger partial charge in [-0.1, -0.05) is 104 Å². The summed E-state index contributed by atoms with van der Waals surface area (Å²) in [5.41, 5.74) is 9.24. The summed E-state index contributed by atoms with van der Waals surface area (Å²) in [6.07, 6.45) is 25.0. The average Bonchev–Trinajstić information content (AvgIpc) is 3.69. The smallest absolute Gasteiger partial charge is 0.466 e. The molecule has 0 amide bonds. The highest BCUT2D eigenvalue weighted by Gasteiger charge is 2.26. The van der Waals surface area contributed by atoms with E-state index in [4.69, 9.17) is 33.1 Å². The fourth-order valence-corrected chi connectivity index (χ4v) is 7.89. The topological polar surface area (TPSA) is 161 Å². The number of ether oxygens (including phenoxy) is 2. The lowest BCUT2D eigenvalue weighted by molar-refractivity contribution is -0.161. The fourth-order valence-electron chi connectivity index (χ4n) is 7.12. The Bertz CT molecular complexity index is 1440. The number of aryl methyl sites for hydroxylation is 5. The van der Waals surface area contributed by atoms with E-state index >= 15 is 0 Å².